The number of carbonyl (C=O) groups excluding carboxylic acids is 1. The Labute approximate surface area is 195 Å². The summed E-state index contributed by atoms with van der Waals surface area (Å²) in [6.45, 7) is 0.527. The van der Waals surface area contributed by atoms with E-state index in [1.807, 2.05) is 30.3 Å². The molecule has 0 aromatic heterocycles. The Morgan fingerprint density at radius 1 is 0.970 bits per heavy atom. The topological polar surface area (TPSA) is 112 Å². The molecule has 0 unspecified atom stereocenters. The van der Waals surface area contributed by atoms with E-state index in [9.17, 15) is 14.9 Å². The van der Waals surface area contributed by atoms with Crippen LogP contribution in [-0.2, 0) is 0 Å². The van der Waals surface area contributed by atoms with E-state index in [4.69, 9.17) is 26.4 Å². The fraction of sp³-hybridized carbons (Fsp3) is 0.130. The van der Waals surface area contributed by atoms with Crippen molar-refractivity contribution in [2.24, 2.45) is 0 Å². The number of nitro groups is 1. The van der Waals surface area contributed by atoms with Crippen molar-refractivity contribution in [1.29, 1.82) is 0 Å². The van der Waals surface area contributed by atoms with Gasteiger partial charge in [-0.2, -0.15) is 0 Å². The number of thiocarbonyl (C=S) groups is 1. The van der Waals surface area contributed by atoms with Gasteiger partial charge in [-0.25, -0.2) is 0 Å². The van der Waals surface area contributed by atoms with Gasteiger partial charge in [-0.1, -0.05) is 30.3 Å². The molecule has 170 valence electrons. The zero-order chi connectivity index (χ0) is 23.6. The van der Waals surface area contributed by atoms with Crippen molar-refractivity contribution in [2.45, 2.75) is 0 Å². The van der Waals surface area contributed by atoms with Crippen molar-refractivity contribution in [3.05, 3.63) is 88.5 Å². The first kappa shape index (κ1) is 23.5. The molecule has 0 saturated carbocycles. The summed E-state index contributed by atoms with van der Waals surface area (Å²) in [5, 5.41) is 16.3. The van der Waals surface area contributed by atoms with Crippen LogP contribution in [0.1, 0.15) is 10.4 Å². The second-order valence-electron chi connectivity index (χ2n) is 6.56. The molecule has 2 N–H and O–H groups in total. The van der Waals surface area contributed by atoms with E-state index in [1.54, 1.807) is 24.3 Å². The number of ether oxygens (including phenoxy) is 3. The highest BCUT2D eigenvalue weighted by atomic mass is 32.1. The molecule has 1 amide bonds. The van der Waals surface area contributed by atoms with Gasteiger partial charge in [0.05, 0.1) is 23.3 Å². The maximum absolute atomic E-state index is 12.8. The molecule has 9 nitrogen and oxygen atoms in total. The maximum Gasteiger partial charge on any atom is 0.271 e. The predicted molar refractivity (Wildman–Crippen MR) is 127 cm³/mol. The van der Waals surface area contributed by atoms with E-state index in [0.29, 0.717) is 18.1 Å². The van der Waals surface area contributed by atoms with E-state index in [1.165, 1.54) is 25.3 Å². The quantitative estimate of drug-likeness (QED) is 0.209. The monoisotopic (exact) mass is 467 g/mol. The first-order chi connectivity index (χ1) is 16.0. The van der Waals surface area contributed by atoms with Crippen LogP contribution in [0.4, 0.5) is 11.4 Å². The molecule has 0 saturated heterocycles. The van der Waals surface area contributed by atoms with E-state index in [2.05, 4.69) is 10.6 Å². The second-order valence-corrected chi connectivity index (χ2v) is 6.96. The molecule has 3 rings (SSSR count). The van der Waals surface area contributed by atoms with Crippen molar-refractivity contribution in [3.8, 4) is 17.2 Å². The van der Waals surface area contributed by atoms with Gasteiger partial charge in [-0.3, -0.25) is 20.2 Å². The fourth-order valence-electron chi connectivity index (χ4n) is 2.84. The second kappa shape index (κ2) is 11.4. The lowest BCUT2D eigenvalue weighted by molar-refractivity contribution is -0.384. The van der Waals surface area contributed by atoms with Gasteiger partial charge in [0.25, 0.3) is 11.6 Å². The summed E-state index contributed by atoms with van der Waals surface area (Å²) in [7, 11) is 1.42. The Hall–Kier alpha value is -4.18. The van der Waals surface area contributed by atoms with Crippen LogP contribution in [0.25, 0.3) is 0 Å². The highest BCUT2D eigenvalue weighted by molar-refractivity contribution is 7.80. The number of non-ortho nitro benzene ring substituents is 1. The molecule has 0 aliphatic carbocycles. The first-order valence-corrected chi connectivity index (χ1v) is 10.2. The Morgan fingerprint density at radius 2 is 1.67 bits per heavy atom. The van der Waals surface area contributed by atoms with E-state index in [-0.39, 0.29) is 28.7 Å². The molecule has 0 atom stereocenters. The summed E-state index contributed by atoms with van der Waals surface area (Å²) in [6.07, 6.45) is 0. The third-order valence-corrected chi connectivity index (χ3v) is 4.56. The van der Waals surface area contributed by atoms with Crippen LogP contribution in [0.15, 0.2) is 72.8 Å². The van der Waals surface area contributed by atoms with E-state index < -0.39 is 10.8 Å². The average molecular weight is 468 g/mol. The molecule has 0 aliphatic rings. The van der Waals surface area contributed by atoms with Crippen LogP contribution in [0.5, 0.6) is 17.2 Å². The number of rotatable bonds is 9. The Morgan fingerprint density at radius 3 is 2.39 bits per heavy atom. The van der Waals surface area contributed by atoms with Crippen molar-refractivity contribution >= 4 is 34.6 Å². The molecule has 0 spiro atoms. The molecule has 33 heavy (non-hydrogen) atoms. The molecule has 0 heterocycles. The lowest BCUT2D eigenvalue weighted by atomic mass is 10.2. The Balaban J connectivity index is 1.60. The smallest absolute Gasteiger partial charge is 0.271 e. The molecule has 10 heteroatoms. The standard InChI is InChI=1S/C23H21N3O6S/c1-30-21-12-11-16(26(28)29)15-19(21)24-23(33)25-22(27)18-9-5-6-10-20(18)32-14-13-31-17-7-3-2-4-8-17/h2-12,15H,13-14H2,1H3,(H2,24,25,27,33). The summed E-state index contributed by atoms with van der Waals surface area (Å²) in [5.41, 5.74) is 0.371. The van der Waals surface area contributed by atoms with Gasteiger partial charge >= 0.3 is 0 Å². The average Bonchev–Trinajstić information content (AvgIpc) is 2.82. The van der Waals surface area contributed by atoms with E-state index >= 15 is 0 Å². The molecule has 0 fully saturated rings. The van der Waals surface area contributed by atoms with Crippen LogP contribution in [0.2, 0.25) is 0 Å². The van der Waals surface area contributed by atoms with Gasteiger partial charge < -0.3 is 19.5 Å². The summed E-state index contributed by atoms with van der Waals surface area (Å²) in [4.78, 5) is 23.3. The number of hydrogen-bond donors (Lipinski definition) is 2. The number of amides is 1. The maximum atomic E-state index is 12.8. The summed E-state index contributed by atoms with van der Waals surface area (Å²) in [6, 6.07) is 20.0. The van der Waals surface area contributed by atoms with Gasteiger partial charge in [-0.15, -0.1) is 0 Å². The molecule has 0 bridgehead atoms. The Bertz CT molecular complexity index is 1140. The number of nitrogens with one attached hydrogen (secondary N) is 2. The fourth-order valence-corrected chi connectivity index (χ4v) is 3.04. The number of hydrogen-bond acceptors (Lipinski definition) is 7. The van der Waals surface area contributed by atoms with Gasteiger partial charge in [0.1, 0.15) is 30.5 Å². The van der Waals surface area contributed by atoms with Crippen LogP contribution in [0, 0.1) is 10.1 Å². The van der Waals surface area contributed by atoms with Crippen LogP contribution >= 0.6 is 12.2 Å². The number of anilines is 1. The molecule has 0 radical (unpaired) electrons. The van der Waals surface area contributed by atoms with E-state index in [0.717, 1.165) is 5.75 Å². The molecule has 3 aromatic rings. The SMILES string of the molecule is COc1ccc([N+](=O)[O-])cc1NC(=S)NC(=O)c1ccccc1OCCOc1ccccc1. The number of nitro benzene ring substituents is 1. The van der Waals surface area contributed by atoms with Crippen LogP contribution in [-0.4, -0.2) is 36.3 Å². The van der Waals surface area contributed by atoms with Crippen molar-refractivity contribution in [2.75, 3.05) is 25.6 Å². The zero-order valence-corrected chi connectivity index (χ0v) is 18.5. The minimum Gasteiger partial charge on any atom is -0.495 e. The van der Waals surface area contributed by atoms with Crippen LogP contribution in [0.3, 0.4) is 0 Å². The van der Waals surface area contributed by atoms with Crippen molar-refractivity contribution < 1.29 is 23.9 Å². The van der Waals surface area contributed by atoms with Gasteiger partial charge in [0.2, 0.25) is 0 Å². The third-order valence-electron chi connectivity index (χ3n) is 4.35. The summed E-state index contributed by atoms with van der Waals surface area (Å²) >= 11 is 5.20. The number of para-hydroxylation sites is 2. The summed E-state index contributed by atoms with van der Waals surface area (Å²) in [5.74, 6) is 0.915. The molecule has 3 aromatic carbocycles. The normalized spacial score (nSPS) is 10.1. The highest BCUT2D eigenvalue weighted by Crippen LogP contribution is 2.28. The lowest BCUT2D eigenvalue weighted by Gasteiger charge is -2.14. The number of benzene rings is 3. The van der Waals surface area contributed by atoms with Gasteiger partial charge in [0, 0.05) is 12.1 Å². The summed E-state index contributed by atoms with van der Waals surface area (Å²) < 4.78 is 16.5. The molecular formula is C23H21N3O6S. The molecular weight excluding hydrogens is 446 g/mol. The molecule has 0 aliphatic heterocycles. The highest BCUT2D eigenvalue weighted by Gasteiger charge is 2.16. The third kappa shape index (κ3) is 6.65. The van der Waals surface area contributed by atoms with Crippen molar-refractivity contribution in [3.63, 3.8) is 0 Å². The minimum atomic E-state index is -0.540. The number of nitrogens with zero attached hydrogens (tertiary/aromatic N) is 1. The lowest BCUT2D eigenvalue weighted by Crippen LogP contribution is -2.34. The number of methoxy groups -OCH3 is 1. The predicted octanol–water partition coefficient (Wildman–Crippen LogP) is 4.19. The first-order valence-electron chi connectivity index (χ1n) is 9.82. The largest absolute Gasteiger partial charge is 0.495 e. The zero-order valence-electron chi connectivity index (χ0n) is 17.6. The Kier molecular flexibility index (Phi) is 8.14. The van der Waals surface area contributed by atoms with Crippen LogP contribution < -0.4 is 24.8 Å². The van der Waals surface area contributed by atoms with Crippen molar-refractivity contribution in [1.82, 2.24) is 5.32 Å². The van der Waals surface area contributed by atoms with Gasteiger partial charge in [0.15, 0.2) is 5.11 Å². The number of carbonyl (C=O) groups is 1. The minimum absolute atomic E-state index is 0.0546. The van der Waals surface area contributed by atoms with Gasteiger partial charge in [-0.05, 0) is 42.5 Å².